The third kappa shape index (κ3) is 2.95. The number of piperidine rings is 1. The molecule has 6 nitrogen and oxygen atoms in total. The molecule has 110 valence electrons. The van der Waals surface area contributed by atoms with Crippen molar-refractivity contribution >= 4 is 33.5 Å². The van der Waals surface area contributed by atoms with Gasteiger partial charge in [-0.15, -0.1) is 12.4 Å². The Morgan fingerprint density at radius 3 is 3.00 bits per heavy atom. The van der Waals surface area contributed by atoms with Gasteiger partial charge in [0.2, 0.25) is 10.0 Å². The molecule has 3 rings (SSSR count). The third-order valence-corrected chi connectivity index (χ3v) is 4.88. The number of pyridine rings is 1. The Morgan fingerprint density at radius 1 is 1.40 bits per heavy atom. The topological polar surface area (TPSA) is 86.9 Å². The average molecular weight is 317 g/mol. The summed E-state index contributed by atoms with van der Waals surface area (Å²) in [5, 5.41) is 3.82. The fourth-order valence-corrected chi connectivity index (χ4v) is 3.82. The van der Waals surface area contributed by atoms with Crippen LogP contribution in [0.2, 0.25) is 0 Å². The first-order valence-electron chi connectivity index (χ1n) is 6.32. The van der Waals surface area contributed by atoms with Crippen molar-refractivity contribution in [2.75, 3.05) is 13.1 Å². The van der Waals surface area contributed by atoms with Crippen LogP contribution in [0, 0.1) is 0 Å². The largest absolute Gasteiger partial charge is 0.345 e. The number of sulfonamides is 1. The van der Waals surface area contributed by atoms with E-state index in [2.05, 4.69) is 20.0 Å². The van der Waals surface area contributed by atoms with Gasteiger partial charge in [-0.1, -0.05) is 0 Å². The number of rotatable bonds is 3. The smallest absolute Gasteiger partial charge is 0.243 e. The molecule has 0 radical (unpaired) electrons. The molecule has 1 aliphatic heterocycles. The van der Waals surface area contributed by atoms with Crippen molar-refractivity contribution in [3.8, 4) is 0 Å². The highest BCUT2D eigenvalue weighted by atomic mass is 35.5. The zero-order chi connectivity index (χ0) is 13.3. The summed E-state index contributed by atoms with van der Waals surface area (Å²) in [7, 11) is -3.50. The van der Waals surface area contributed by atoms with E-state index in [0.29, 0.717) is 17.6 Å². The van der Waals surface area contributed by atoms with E-state index in [1.807, 2.05) is 0 Å². The Kier molecular flexibility index (Phi) is 4.64. The molecule has 0 spiro atoms. The lowest BCUT2D eigenvalue weighted by atomic mass is 10.1. The monoisotopic (exact) mass is 316 g/mol. The quantitative estimate of drug-likeness (QED) is 0.789. The first-order chi connectivity index (χ1) is 9.17. The SMILES string of the molecule is Cl.O=S(=O)(N[C@H]1CCCNC1)c1c[nH]c2ncccc12. The lowest BCUT2D eigenvalue weighted by Gasteiger charge is -2.23. The summed E-state index contributed by atoms with van der Waals surface area (Å²) < 4.78 is 27.5. The molecule has 0 saturated carbocycles. The second kappa shape index (κ2) is 6.09. The highest BCUT2D eigenvalue weighted by molar-refractivity contribution is 7.89. The highest BCUT2D eigenvalue weighted by Crippen LogP contribution is 2.21. The molecule has 2 aromatic rings. The number of H-pyrrole nitrogens is 1. The summed E-state index contributed by atoms with van der Waals surface area (Å²) >= 11 is 0. The molecule has 8 heteroatoms. The summed E-state index contributed by atoms with van der Waals surface area (Å²) in [6, 6.07) is 3.45. The maximum absolute atomic E-state index is 12.4. The Balaban J connectivity index is 0.00000147. The minimum absolute atomic E-state index is 0. The van der Waals surface area contributed by atoms with E-state index in [1.54, 1.807) is 18.3 Å². The molecule has 0 unspecified atom stereocenters. The van der Waals surface area contributed by atoms with Gasteiger partial charge in [0, 0.05) is 30.4 Å². The van der Waals surface area contributed by atoms with Crippen molar-refractivity contribution in [1.82, 2.24) is 20.0 Å². The first kappa shape index (κ1) is 15.2. The number of hydrogen-bond donors (Lipinski definition) is 3. The Bertz CT molecular complexity index is 680. The molecule has 3 N–H and O–H groups in total. The Hall–Kier alpha value is -1.15. The van der Waals surface area contributed by atoms with Gasteiger partial charge in [-0.3, -0.25) is 0 Å². The van der Waals surface area contributed by atoms with Crippen molar-refractivity contribution in [3.05, 3.63) is 24.5 Å². The molecule has 1 aliphatic rings. The number of aromatic nitrogens is 2. The minimum atomic E-state index is -3.50. The number of fused-ring (bicyclic) bond motifs is 1. The summed E-state index contributed by atoms with van der Waals surface area (Å²) in [5.41, 5.74) is 0.588. The minimum Gasteiger partial charge on any atom is -0.345 e. The zero-order valence-corrected chi connectivity index (χ0v) is 12.4. The molecule has 1 saturated heterocycles. The van der Waals surface area contributed by atoms with Crippen LogP contribution < -0.4 is 10.0 Å². The number of hydrogen-bond acceptors (Lipinski definition) is 4. The van der Waals surface area contributed by atoms with Crippen molar-refractivity contribution in [1.29, 1.82) is 0 Å². The van der Waals surface area contributed by atoms with Crippen LogP contribution in [0.25, 0.3) is 11.0 Å². The summed E-state index contributed by atoms with van der Waals surface area (Å²) in [5.74, 6) is 0. The Labute approximate surface area is 123 Å². The summed E-state index contributed by atoms with van der Waals surface area (Å²) in [6.07, 6.45) is 4.99. The van der Waals surface area contributed by atoms with E-state index in [-0.39, 0.29) is 23.3 Å². The number of nitrogens with zero attached hydrogens (tertiary/aromatic N) is 1. The van der Waals surface area contributed by atoms with Crippen LogP contribution >= 0.6 is 12.4 Å². The van der Waals surface area contributed by atoms with Crippen LogP contribution in [0.15, 0.2) is 29.4 Å². The lowest BCUT2D eigenvalue weighted by Crippen LogP contribution is -2.45. The molecule has 1 atom stereocenters. The van der Waals surface area contributed by atoms with Gasteiger partial charge in [-0.05, 0) is 31.5 Å². The van der Waals surface area contributed by atoms with Gasteiger partial charge in [0.15, 0.2) is 0 Å². The van der Waals surface area contributed by atoms with E-state index < -0.39 is 10.0 Å². The molecule has 0 aliphatic carbocycles. The highest BCUT2D eigenvalue weighted by Gasteiger charge is 2.24. The van der Waals surface area contributed by atoms with Crippen molar-refractivity contribution in [2.45, 2.75) is 23.8 Å². The number of nitrogens with one attached hydrogen (secondary N) is 3. The van der Waals surface area contributed by atoms with Crippen LogP contribution in [0.1, 0.15) is 12.8 Å². The number of halogens is 1. The normalized spacial score (nSPS) is 19.7. The predicted molar refractivity (Wildman–Crippen MR) is 79.6 cm³/mol. The van der Waals surface area contributed by atoms with Crippen LogP contribution in [-0.4, -0.2) is 37.5 Å². The van der Waals surface area contributed by atoms with Gasteiger partial charge in [0.25, 0.3) is 0 Å². The molecule has 20 heavy (non-hydrogen) atoms. The van der Waals surface area contributed by atoms with E-state index in [0.717, 1.165) is 19.4 Å². The fourth-order valence-electron chi connectivity index (χ4n) is 2.39. The zero-order valence-electron chi connectivity index (χ0n) is 10.8. The van der Waals surface area contributed by atoms with Gasteiger partial charge in [0.1, 0.15) is 10.5 Å². The molecular formula is C12H17ClN4O2S. The van der Waals surface area contributed by atoms with E-state index in [4.69, 9.17) is 0 Å². The standard InChI is InChI=1S/C12H16N4O2S.ClH/c17-19(18,16-9-3-1-5-13-7-9)11-8-15-12-10(11)4-2-6-14-12;/h2,4,6,8-9,13,16H,1,3,5,7H2,(H,14,15);1H/t9-;/m0./s1. The molecule has 3 heterocycles. The van der Waals surface area contributed by atoms with Gasteiger partial charge in [0.05, 0.1) is 0 Å². The number of aromatic amines is 1. The third-order valence-electron chi connectivity index (χ3n) is 3.32. The first-order valence-corrected chi connectivity index (χ1v) is 7.80. The molecular weight excluding hydrogens is 300 g/mol. The van der Waals surface area contributed by atoms with E-state index >= 15 is 0 Å². The molecule has 0 aromatic carbocycles. The van der Waals surface area contributed by atoms with Crippen molar-refractivity contribution in [3.63, 3.8) is 0 Å². The van der Waals surface area contributed by atoms with E-state index in [1.165, 1.54) is 6.20 Å². The molecule has 0 amide bonds. The van der Waals surface area contributed by atoms with Crippen LogP contribution in [0.4, 0.5) is 0 Å². The average Bonchev–Trinajstić information content (AvgIpc) is 2.84. The van der Waals surface area contributed by atoms with Crippen molar-refractivity contribution in [2.24, 2.45) is 0 Å². The van der Waals surface area contributed by atoms with Crippen LogP contribution in [0.5, 0.6) is 0 Å². The van der Waals surface area contributed by atoms with Gasteiger partial charge < -0.3 is 10.3 Å². The second-order valence-electron chi connectivity index (χ2n) is 4.72. The van der Waals surface area contributed by atoms with E-state index in [9.17, 15) is 8.42 Å². The van der Waals surface area contributed by atoms with Gasteiger partial charge in [-0.25, -0.2) is 18.1 Å². The van der Waals surface area contributed by atoms with Gasteiger partial charge in [-0.2, -0.15) is 0 Å². The molecule has 2 aromatic heterocycles. The fraction of sp³-hybridized carbons (Fsp3) is 0.417. The Morgan fingerprint density at radius 2 is 2.25 bits per heavy atom. The van der Waals surface area contributed by atoms with Crippen LogP contribution in [-0.2, 0) is 10.0 Å². The predicted octanol–water partition coefficient (Wildman–Crippen LogP) is 1.01. The van der Waals surface area contributed by atoms with Crippen LogP contribution in [0.3, 0.4) is 0 Å². The molecule has 0 bridgehead atoms. The summed E-state index contributed by atoms with van der Waals surface area (Å²) in [6.45, 7) is 1.63. The maximum Gasteiger partial charge on any atom is 0.243 e. The maximum atomic E-state index is 12.4. The second-order valence-corrected chi connectivity index (χ2v) is 6.40. The molecule has 1 fully saturated rings. The van der Waals surface area contributed by atoms with Gasteiger partial charge >= 0.3 is 0 Å². The summed E-state index contributed by atoms with van der Waals surface area (Å²) in [4.78, 5) is 7.25. The lowest BCUT2D eigenvalue weighted by molar-refractivity contribution is 0.429. The van der Waals surface area contributed by atoms with Crippen molar-refractivity contribution < 1.29 is 8.42 Å².